The summed E-state index contributed by atoms with van der Waals surface area (Å²) in [5.74, 6) is -0.999. The van der Waals surface area contributed by atoms with Gasteiger partial charge in [-0.3, -0.25) is 18.2 Å². The van der Waals surface area contributed by atoms with Gasteiger partial charge in [-0.1, -0.05) is 12.1 Å². The number of amides is 2. The Labute approximate surface area is 181 Å². The number of rotatable bonds is 6. The van der Waals surface area contributed by atoms with Crippen molar-refractivity contribution in [3.63, 3.8) is 0 Å². The summed E-state index contributed by atoms with van der Waals surface area (Å²) in [6.45, 7) is -0.279. The summed E-state index contributed by atoms with van der Waals surface area (Å²) in [7, 11) is -1.61. The van der Waals surface area contributed by atoms with E-state index in [4.69, 9.17) is 0 Å². The first-order valence-electron chi connectivity index (χ1n) is 9.05. The number of anilines is 1. The first-order valence-corrected chi connectivity index (χ1v) is 11.8. The number of hydrogen-bond acceptors (Lipinski definition) is 7. The van der Waals surface area contributed by atoms with Gasteiger partial charge in [0.25, 0.3) is 5.91 Å². The van der Waals surface area contributed by atoms with Crippen molar-refractivity contribution in [2.75, 3.05) is 18.1 Å². The lowest BCUT2D eigenvalue weighted by Gasteiger charge is -2.04. The zero-order valence-electron chi connectivity index (χ0n) is 16.6. The van der Waals surface area contributed by atoms with E-state index in [2.05, 4.69) is 20.7 Å². The molecule has 1 aromatic carbocycles. The Hall–Kier alpha value is -3.51. The van der Waals surface area contributed by atoms with E-state index in [1.54, 1.807) is 10.9 Å². The predicted octanol–water partition coefficient (Wildman–Crippen LogP) is 1.67. The highest BCUT2D eigenvalue weighted by atomic mass is 32.2. The highest BCUT2D eigenvalue weighted by Crippen LogP contribution is 2.27. The van der Waals surface area contributed by atoms with Crippen molar-refractivity contribution in [1.82, 2.24) is 24.1 Å². The molecule has 0 fully saturated rings. The standard InChI is InChI=1S/C19H18N6O4S2/c1-24-16-7-12(3-4-13(16)8-21-24)15-11-30-19(22-15)23-17(26)9-20-18(27)14-5-6-25(10-14)31(2,28)29/h3-8,10-11H,9H2,1-2H3,(H,20,27)(H,22,23,26). The Bertz CT molecular complexity index is 1400. The van der Waals surface area contributed by atoms with Crippen LogP contribution in [0.25, 0.3) is 22.2 Å². The Balaban J connectivity index is 1.37. The monoisotopic (exact) mass is 458 g/mol. The van der Waals surface area contributed by atoms with E-state index in [0.29, 0.717) is 5.13 Å². The lowest BCUT2D eigenvalue weighted by molar-refractivity contribution is -0.115. The number of carbonyl (C=O) groups excluding carboxylic acids is 2. The second-order valence-corrected chi connectivity index (χ2v) is 9.55. The minimum atomic E-state index is -3.47. The van der Waals surface area contributed by atoms with E-state index < -0.39 is 21.8 Å². The zero-order chi connectivity index (χ0) is 22.2. The van der Waals surface area contributed by atoms with Crippen LogP contribution in [0.2, 0.25) is 0 Å². The zero-order valence-corrected chi connectivity index (χ0v) is 18.2. The van der Waals surface area contributed by atoms with Gasteiger partial charge in [-0.2, -0.15) is 5.10 Å². The highest BCUT2D eigenvalue weighted by Gasteiger charge is 2.14. The lowest BCUT2D eigenvalue weighted by atomic mass is 10.1. The molecule has 0 aliphatic carbocycles. The van der Waals surface area contributed by atoms with Crippen molar-refractivity contribution in [1.29, 1.82) is 0 Å². The smallest absolute Gasteiger partial charge is 0.253 e. The molecule has 3 aromatic heterocycles. The van der Waals surface area contributed by atoms with Crippen molar-refractivity contribution in [2.45, 2.75) is 0 Å². The Morgan fingerprint density at radius 2 is 2.03 bits per heavy atom. The molecule has 12 heteroatoms. The van der Waals surface area contributed by atoms with Crippen LogP contribution in [0.1, 0.15) is 10.4 Å². The summed E-state index contributed by atoms with van der Waals surface area (Å²) < 4.78 is 25.6. The van der Waals surface area contributed by atoms with Gasteiger partial charge in [0.2, 0.25) is 15.9 Å². The van der Waals surface area contributed by atoms with E-state index in [1.165, 1.54) is 29.8 Å². The first kappa shape index (κ1) is 20.8. The molecule has 0 bridgehead atoms. The molecule has 0 spiro atoms. The maximum atomic E-state index is 12.2. The number of nitrogens with one attached hydrogen (secondary N) is 2. The van der Waals surface area contributed by atoms with Gasteiger partial charge in [0.05, 0.1) is 35.8 Å². The summed E-state index contributed by atoms with van der Waals surface area (Å²) in [5.41, 5.74) is 2.73. The second kappa shape index (κ2) is 7.96. The molecule has 0 saturated carbocycles. The van der Waals surface area contributed by atoms with Gasteiger partial charge >= 0.3 is 0 Å². The van der Waals surface area contributed by atoms with Crippen LogP contribution in [-0.2, 0) is 21.9 Å². The summed E-state index contributed by atoms with van der Waals surface area (Å²) in [6, 6.07) is 7.24. The van der Waals surface area contributed by atoms with Crippen molar-refractivity contribution >= 4 is 49.2 Å². The van der Waals surface area contributed by atoms with Crippen molar-refractivity contribution in [2.24, 2.45) is 7.05 Å². The van der Waals surface area contributed by atoms with Crippen LogP contribution in [0.3, 0.4) is 0 Å². The summed E-state index contributed by atoms with van der Waals surface area (Å²) in [5, 5.41) is 12.6. The maximum Gasteiger partial charge on any atom is 0.253 e. The van der Waals surface area contributed by atoms with Gasteiger partial charge < -0.3 is 10.6 Å². The van der Waals surface area contributed by atoms with Crippen LogP contribution in [0.4, 0.5) is 5.13 Å². The number of aromatic nitrogens is 4. The van der Waals surface area contributed by atoms with Gasteiger partial charge in [0.15, 0.2) is 5.13 Å². The average molecular weight is 459 g/mol. The molecule has 4 aromatic rings. The van der Waals surface area contributed by atoms with Crippen LogP contribution in [0.15, 0.2) is 48.2 Å². The molecular formula is C19H18N6O4S2. The summed E-state index contributed by atoms with van der Waals surface area (Å²) >= 11 is 1.27. The number of hydrogen-bond donors (Lipinski definition) is 2. The van der Waals surface area contributed by atoms with Crippen LogP contribution >= 0.6 is 11.3 Å². The fourth-order valence-corrected chi connectivity index (χ4v) is 4.23. The summed E-state index contributed by atoms with van der Waals surface area (Å²) in [4.78, 5) is 28.7. The molecule has 0 radical (unpaired) electrons. The van der Waals surface area contributed by atoms with E-state index in [0.717, 1.165) is 32.4 Å². The first-order chi connectivity index (χ1) is 14.7. The molecule has 0 aliphatic rings. The minimum Gasteiger partial charge on any atom is -0.343 e. The van der Waals surface area contributed by atoms with E-state index >= 15 is 0 Å². The molecule has 4 rings (SSSR count). The molecule has 0 saturated heterocycles. The third-order valence-corrected chi connectivity index (χ3v) is 6.27. The molecular weight excluding hydrogens is 440 g/mol. The van der Waals surface area contributed by atoms with Crippen LogP contribution in [-0.4, -0.2) is 51.8 Å². The SMILES string of the molecule is Cn1ncc2ccc(-c3csc(NC(=O)CNC(=O)c4ccn(S(C)(=O)=O)c4)n3)cc21. The third-order valence-electron chi connectivity index (χ3n) is 4.52. The van der Waals surface area contributed by atoms with Gasteiger partial charge in [-0.05, 0) is 12.1 Å². The normalized spacial score (nSPS) is 11.5. The molecule has 0 unspecified atom stereocenters. The van der Waals surface area contributed by atoms with Crippen molar-refractivity contribution in [3.05, 3.63) is 53.8 Å². The molecule has 3 heterocycles. The molecule has 10 nitrogen and oxygen atoms in total. The number of thiazole rings is 1. The molecule has 31 heavy (non-hydrogen) atoms. The number of fused-ring (bicyclic) bond motifs is 1. The molecule has 2 N–H and O–H groups in total. The predicted molar refractivity (Wildman–Crippen MR) is 117 cm³/mol. The molecule has 0 atom stereocenters. The Morgan fingerprint density at radius 1 is 1.23 bits per heavy atom. The second-order valence-electron chi connectivity index (χ2n) is 6.80. The number of aryl methyl sites for hydroxylation is 1. The Morgan fingerprint density at radius 3 is 2.77 bits per heavy atom. The van der Waals surface area contributed by atoms with Gasteiger partial charge in [0.1, 0.15) is 0 Å². The lowest BCUT2D eigenvalue weighted by Crippen LogP contribution is -2.32. The topological polar surface area (TPSA) is 128 Å². The van der Waals surface area contributed by atoms with Crippen molar-refractivity contribution < 1.29 is 18.0 Å². The third kappa shape index (κ3) is 4.49. The molecule has 160 valence electrons. The molecule has 2 amide bonds. The fourth-order valence-electron chi connectivity index (χ4n) is 2.91. The van der Waals surface area contributed by atoms with Crippen LogP contribution in [0, 0.1) is 0 Å². The number of carbonyl (C=O) groups is 2. The number of nitrogens with zero attached hydrogens (tertiary/aromatic N) is 4. The highest BCUT2D eigenvalue weighted by molar-refractivity contribution is 7.89. The van der Waals surface area contributed by atoms with E-state index in [1.807, 2.05) is 30.6 Å². The molecule has 0 aliphatic heterocycles. The number of benzene rings is 1. The van der Waals surface area contributed by atoms with E-state index in [9.17, 15) is 18.0 Å². The maximum absolute atomic E-state index is 12.2. The fraction of sp³-hybridized carbons (Fsp3) is 0.158. The minimum absolute atomic E-state index is 0.139. The van der Waals surface area contributed by atoms with Crippen molar-refractivity contribution in [3.8, 4) is 11.3 Å². The van der Waals surface area contributed by atoms with Gasteiger partial charge in [-0.25, -0.2) is 13.4 Å². The van der Waals surface area contributed by atoms with Gasteiger partial charge in [0, 0.05) is 35.8 Å². The van der Waals surface area contributed by atoms with Crippen LogP contribution < -0.4 is 10.6 Å². The van der Waals surface area contributed by atoms with Crippen LogP contribution in [0.5, 0.6) is 0 Å². The van der Waals surface area contributed by atoms with E-state index in [-0.39, 0.29) is 12.1 Å². The average Bonchev–Trinajstić information content (AvgIpc) is 3.46. The largest absolute Gasteiger partial charge is 0.343 e. The Kier molecular flexibility index (Phi) is 5.33. The van der Waals surface area contributed by atoms with Gasteiger partial charge in [-0.15, -0.1) is 11.3 Å². The summed E-state index contributed by atoms with van der Waals surface area (Å²) in [6.07, 6.45) is 5.27. The quantitative estimate of drug-likeness (QED) is 0.452.